The number of aromatic nitrogens is 3. The van der Waals surface area contributed by atoms with Crippen LogP contribution in [0.2, 0.25) is 0 Å². The van der Waals surface area contributed by atoms with Crippen LogP contribution in [-0.4, -0.2) is 33.4 Å². The number of hydrogen-bond acceptors (Lipinski definition) is 6. The fourth-order valence-electron chi connectivity index (χ4n) is 2.20. The highest BCUT2D eigenvalue weighted by Crippen LogP contribution is 2.21. The molecule has 1 N–H and O–H groups in total. The van der Waals surface area contributed by atoms with Crippen molar-refractivity contribution >= 4 is 23.3 Å². The van der Waals surface area contributed by atoms with Crippen molar-refractivity contribution in [2.24, 2.45) is 0 Å². The summed E-state index contributed by atoms with van der Waals surface area (Å²) in [6.45, 7) is 0. The van der Waals surface area contributed by atoms with Crippen molar-refractivity contribution in [1.29, 1.82) is 5.26 Å². The normalized spacial score (nSPS) is 10.4. The van der Waals surface area contributed by atoms with Gasteiger partial charge in [-0.15, -0.1) is 0 Å². The SMILES string of the molecule is COC(=O)c1cc(F)c(F)cc1NC(=O)c1ccn2c(C#N)cnc2n1. The Balaban J connectivity index is 1.96. The minimum absolute atomic E-state index is 0.104. The molecular formula is C16H9F2N5O3. The highest BCUT2D eigenvalue weighted by molar-refractivity contribution is 6.07. The second-order valence-electron chi connectivity index (χ2n) is 5.00. The van der Waals surface area contributed by atoms with Crippen molar-refractivity contribution < 1.29 is 23.1 Å². The minimum atomic E-state index is -1.26. The first-order chi connectivity index (χ1) is 12.4. The molecule has 0 radical (unpaired) electrons. The van der Waals surface area contributed by atoms with E-state index in [-0.39, 0.29) is 28.4 Å². The summed E-state index contributed by atoms with van der Waals surface area (Å²) in [5.74, 6) is -4.14. The molecule has 0 saturated heterocycles. The van der Waals surface area contributed by atoms with E-state index >= 15 is 0 Å². The Morgan fingerprint density at radius 1 is 1.31 bits per heavy atom. The van der Waals surface area contributed by atoms with E-state index in [2.05, 4.69) is 20.0 Å². The molecule has 10 heteroatoms. The number of amides is 1. The number of fused-ring (bicyclic) bond motifs is 1. The third kappa shape index (κ3) is 2.93. The maximum Gasteiger partial charge on any atom is 0.340 e. The molecule has 0 bridgehead atoms. The van der Waals surface area contributed by atoms with E-state index in [9.17, 15) is 18.4 Å². The Kier molecular flexibility index (Phi) is 4.28. The number of hydrogen-bond donors (Lipinski definition) is 1. The Morgan fingerprint density at radius 3 is 2.73 bits per heavy atom. The van der Waals surface area contributed by atoms with Crippen molar-refractivity contribution in [2.75, 3.05) is 12.4 Å². The van der Waals surface area contributed by atoms with Crippen LogP contribution in [0.25, 0.3) is 5.78 Å². The fraction of sp³-hybridized carbons (Fsp3) is 0.0625. The first-order valence-corrected chi connectivity index (χ1v) is 7.07. The van der Waals surface area contributed by atoms with Crippen molar-refractivity contribution in [2.45, 2.75) is 0 Å². The molecule has 3 rings (SSSR count). The number of halogens is 2. The predicted molar refractivity (Wildman–Crippen MR) is 83.4 cm³/mol. The molecule has 0 aliphatic rings. The highest BCUT2D eigenvalue weighted by atomic mass is 19.2. The summed E-state index contributed by atoms with van der Waals surface area (Å²) in [5, 5.41) is 11.2. The number of rotatable bonds is 3. The second-order valence-corrected chi connectivity index (χ2v) is 5.00. The molecule has 26 heavy (non-hydrogen) atoms. The molecule has 0 saturated carbocycles. The molecule has 0 fully saturated rings. The van der Waals surface area contributed by atoms with Gasteiger partial charge in [0, 0.05) is 12.3 Å². The van der Waals surface area contributed by atoms with Gasteiger partial charge < -0.3 is 10.1 Å². The summed E-state index contributed by atoms with van der Waals surface area (Å²) in [6.07, 6.45) is 2.70. The van der Waals surface area contributed by atoms with Crippen molar-refractivity contribution in [1.82, 2.24) is 14.4 Å². The van der Waals surface area contributed by atoms with Gasteiger partial charge in [0.15, 0.2) is 11.6 Å². The lowest BCUT2D eigenvalue weighted by Gasteiger charge is -2.10. The maximum atomic E-state index is 13.5. The Morgan fingerprint density at radius 2 is 2.04 bits per heavy atom. The molecule has 0 atom stereocenters. The zero-order valence-corrected chi connectivity index (χ0v) is 13.2. The molecule has 2 aromatic heterocycles. The Bertz CT molecular complexity index is 1090. The number of nitrogens with zero attached hydrogens (tertiary/aromatic N) is 4. The minimum Gasteiger partial charge on any atom is -0.465 e. The van der Waals surface area contributed by atoms with E-state index in [1.165, 1.54) is 22.9 Å². The lowest BCUT2D eigenvalue weighted by atomic mass is 10.1. The quantitative estimate of drug-likeness (QED) is 0.717. The van der Waals surface area contributed by atoms with Crippen molar-refractivity contribution in [3.05, 3.63) is 59.2 Å². The van der Waals surface area contributed by atoms with Crippen LogP contribution in [0.4, 0.5) is 14.5 Å². The molecule has 130 valence electrons. The molecular weight excluding hydrogens is 348 g/mol. The lowest BCUT2D eigenvalue weighted by molar-refractivity contribution is 0.0601. The molecule has 0 aliphatic heterocycles. The van der Waals surface area contributed by atoms with Crippen LogP contribution in [0.3, 0.4) is 0 Å². The number of ether oxygens (including phenoxy) is 1. The smallest absolute Gasteiger partial charge is 0.340 e. The van der Waals surface area contributed by atoms with Gasteiger partial charge >= 0.3 is 5.97 Å². The highest BCUT2D eigenvalue weighted by Gasteiger charge is 2.20. The molecule has 0 spiro atoms. The van der Waals surface area contributed by atoms with E-state index < -0.39 is 23.5 Å². The van der Waals surface area contributed by atoms with Crippen LogP contribution in [0.1, 0.15) is 26.5 Å². The van der Waals surface area contributed by atoms with Crippen LogP contribution in [-0.2, 0) is 4.74 Å². The number of methoxy groups -OCH3 is 1. The molecule has 2 heterocycles. The van der Waals surface area contributed by atoms with E-state index in [0.29, 0.717) is 12.1 Å². The average Bonchev–Trinajstić information content (AvgIpc) is 3.06. The predicted octanol–water partition coefficient (Wildman–Crippen LogP) is 1.92. The summed E-state index contributed by atoms with van der Waals surface area (Å²) < 4.78 is 32.7. The maximum absolute atomic E-state index is 13.5. The zero-order valence-electron chi connectivity index (χ0n) is 13.2. The average molecular weight is 357 g/mol. The molecule has 3 aromatic rings. The number of anilines is 1. The van der Waals surface area contributed by atoms with Gasteiger partial charge in [-0.25, -0.2) is 23.5 Å². The standard InChI is InChI=1S/C16H9F2N5O3/c1-26-15(25)9-4-10(17)11(18)5-13(9)21-14(24)12-2-3-23-8(6-19)7-20-16(23)22-12/h2-5,7H,1H3,(H,21,24). The molecule has 1 amide bonds. The number of imidazole rings is 1. The van der Waals surface area contributed by atoms with E-state index in [1.807, 2.05) is 6.07 Å². The fourth-order valence-corrected chi connectivity index (χ4v) is 2.20. The third-order valence-corrected chi connectivity index (χ3v) is 3.44. The summed E-state index contributed by atoms with van der Waals surface area (Å²) in [7, 11) is 1.07. The first kappa shape index (κ1) is 17.0. The number of carbonyl (C=O) groups excluding carboxylic acids is 2. The summed E-state index contributed by atoms with van der Waals surface area (Å²) in [4.78, 5) is 31.9. The van der Waals surface area contributed by atoms with Gasteiger partial charge in [-0.05, 0) is 12.1 Å². The summed E-state index contributed by atoms with van der Waals surface area (Å²) in [5.41, 5.74) is -0.502. The molecule has 0 aliphatic carbocycles. The molecule has 1 aromatic carbocycles. The van der Waals surface area contributed by atoms with Gasteiger partial charge in [0.05, 0.1) is 24.6 Å². The second kappa shape index (κ2) is 6.56. The van der Waals surface area contributed by atoms with Crippen molar-refractivity contribution in [3.63, 3.8) is 0 Å². The number of benzene rings is 1. The van der Waals surface area contributed by atoms with Gasteiger partial charge in [-0.2, -0.15) is 5.26 Å². The van der Waals surface area contributed by atoms with E-state index in [0.717, 1.165) is 7.11 Å². The number of nitriles is 1. The van der Waals surface area contributed by atoms with Crippen LogP contribution in [0.15, 0.2) is 30.6 Å². The van der Waals surface area contributed by atoms with Gasteiger partial charge in [0.2, 0.25) is 5.78 Å². The van der Waals surface area contributed by atoms with Crippen LogP contribution >= 0.6 is 0 Å². The Hall–Kier alpha value is -3.87. The summed E-state index contributed by atoms with van der Waals surface area (Å²) in [6, 6.07) is 4.51. The lowest BCUT2D eigenvalue weighted by Crippen LogP contribution is -2.18. The first-order valence-electron chi connectivity index (χ1n) is 7.07. The number of nitrogens with one attached hydrogen (secondary N) is 1. The molecule has 0 unspecified atom stereocenters. The van der Waals surface area contributed by atoms with E-state index in [1.54, 1.807) is 0 Å². The van der Waals surface area contributed by atoms with Crippen LogP contribution in [0.5, 0.6) is 0 Å². The van der Waals surface area contributed by atoms with Gasteiger partial charge in [-0.1, -0.05) is 0 Å². The third-order valence-electron chi connectivity index (χ3n) is 3.44. The van der Waals surface area contributed by atoms with Gasteiger partial charge in [0.1, 0.15) is 17.5 Å². The van der Waals surface area contributed by atoms with Crippen LogP contribution in [0, 0.1) is 23.0 Å². The molecule has 8 nitrogen and oxygen atoms in total. The van der Waals surface area contributed by atoms with Crippen molar-refractivity contribution in [3.8, 4) is 6.07 Å². The number of carbonyl (C=O) groups is 2. The topological polar surface area (TPSA) is 109 Å². The van der Waals surface area contributed by atoms with Gasteiger partial charge in [-0.3, -0.25) is 9.20 Å². The van der Waals surface area contributed by atoms with Gasteiger partial charge in [0.25, 0.3) is 5.91 Å². The Labute approximate surface area is 144 Å². The van der Waals surface area contributed by atoms with E-state index in [4.69, 9.17) is 5.26 Å². The monoisotopic (exact) mass is 357 g/mol. The summed E-state index contributed by atoms with van der Waals surface area (Å²) >= 11 is 0. The largest absolute Gasteiger partial charge is 0.465 e. The number of esters is 1. The van der Waals surface area contributed by atoms with Crippen LogP contribution < -0.4 is 5.32 Å². The zero-order chi connectivity index (χ0) is 18.8.